The quantitative estimate of drug-likeness (QED) is 0.751. The summed E-state index contributed by atoms with van der Waals surface area (Å²) in [7, 11) is 0. The molecule has 0 spiro atoms. The Morgan fingerprint density at radius 2 is 1.52 bits per heavy atom. The zero-order valence-corrected chi connectivity index (χ0v) is 15.1. The second-order valence-corrected chi connectivity index (χ2v) is 7.39. The predicted molar refractivity (Wildman–Crippen MR) is 102 cm³/mol. The largest absolute Gasteiger partial charge is 0.352 e. The summed E-state index contributed by atoms with van der Waals surface area (Å²) in [5, 5.41) is 6.80. The predicted octanol–water partition coefficient (Wildman–Crippen LogP) is 4.38. The average Bonchev–Trinajstić information content (AvgIpc) is 3.43. The standard InChI is InChI=1S/C22H28N2O/c1-16(2)15-20(17-9-5-3-6-10-17)24-21(18-11-7-4-8-12-18)22(25)23-19-13-14-19/h3-12,16,19-21,24H,13-15H2,1-2H3,(H,23,25)/t20-,21+/m0/s1. The van der Waals surface area contributed by atoms with Gasteiger partial charge >= 0.3 is 0 Å². The summed E-state index contributed by atoms with van der Waals surface area (Å²) < 4.78 is 0. The van der Waals surface area contributed by atoms with Gasteiger partial charge in [0.1, 0.15) is 6.04 Å². The van der Waals surface area contributed by atoms with Gasteiger partial charge in [-0.1, -0.05) is 74.5 Å². The number of hydrogen-bond donors (Lipinski definition) is 2. The van der Waals surface area contributed by atoms with E-state index in [9.17, 15) is 4.79 Å². The van der Waals surface area contributed by atoms with Crippen molar-refractivity contribution < 1.29 is 4.79 Å². The van der Waals surface area contributed by atoms with E-state index in [0.29, 0.717) is 12.0 Å². The lowest BCUT2D eigenvalue weighted by Gasteiger charge is -2.27. The monoisotopic (exact) mass is 336 g/mol. The van der Waals surface area contributed by atoms with Crippen LogP contribution < -0.4 is 10.6 Å². The van der Waals surface area contributed by atoms with Crippen LogP contribution in [0, 0.1) is 5.92 Å². The van der Waals surface area contributed by atoms with E-state index in [0.717, 1.165) is 24.8 Å². The fourth-order valence-electron chi connectivity index (χ4n) is 3.14. The van der Waals surface area contributed by atoms with E-state index >= 15 is 0 Å². The highest BCUT2D eigenvalue weighted by molar-refractivity contribution is 5.83. The maximum atomic E-state index is 12.9. The number of carbonyl (C=O) groups is 1. The van der Waals surface area contributed by atoms with Gasteiger partial charge in [-0.05, 0) is 36.3 Å². The lowest BCUT2D eigenvalue weighted by Crippen LogP contribution is -2.40. The van der Waals surface area contributed by atoms with Crippen molar-refractivity contribution in [3.05, 3.63) is 71.8 Å². The van der Waals surface area contributed by atoms with Crippen molar-refractivity contribution in [3.8, 4) is 0 Å². The molecule has 0 unspecified atom stereocenters. The molecule has 0 heterocycles. The highest BCUT2D eigenvalue weighted by atomic mass is 16.2. The van der Waals surface area contributed by atoms with Gasteiger partial charge < -0.3 is 5.32 Å². The third-order valence-corrected chi connectivity index (χ3v) is 4.60. The first-order chi connectivity index (χ1) is 12.1. The Morgan fingerprint density at radius 1 is 0.960 bits per heavy atom. The molecule has 1 amide bonds. The summed E-state index contributed by atoms with van der Waals surface area (Å²) in [5.41, 5.74) is 2.25. The molecule has 0 aliphatic heterocycles. The van der Waals surface area contributed by atoms with Crippen LogP contribution in [-0.4, -0.2) is 11.9 Å². The maximum Gasteiger partial charge on any atom is 0.241 e. The zero-order valence-electron chi connectivity index (χ0n) is 15.1. The Morgan fingerprint density at radius 3 is 2.04 bits per heavy atom. The molecule has 0 saturated heterocycles. The smallest absolute Gasteiger partial charge is 0.241 e. The minimum Gasteiger partial charge on any atom is -0.352 e. The molecule has 2 atom stereocenters. The Hall–Kier alpha value is -2.13. The van der Waals surface area contributed by atoms with Crippen LogP contribution in [0.3, 0.4) is 0 Å². The molecule has 3 heteroatoms. The molecular formula is C22H28N2O. The number of benzene rings is 2. The minimum atomic E-state index is -0.328. The first-order valence-electron chi connectivity index (χ1n) is 9.30. The Balaban J connectivity index is 1.84. The molecule has 0 bridgehead atoms. The van der Waals surface area contributed by atoms with E-state index in [1.54, 1.807) is 0 Å². The number of carbonyl (C=O) groups excluding carboxylic acids is 1. The summed E-state index contributed by atoms with van der Waals surface area (Å²) in [6, 6.07) is 20.7. The molecule has 1 fully saturated rings. The first-order valence-corrected chi connectivity index (χ1v) is 9.30. The van der Waals surface area contributed by atoms with Crippen LogP contribution in [0.4, 0.5) is 0 Å². The Kier molecular flexibility index (Phi) is 5.87. The molecule has 3 nitrogen and oxygen atoms in total. The SMILES string of the molecule is CC(C)C[C@H](N[C@@H](C(=O)NC1CC1)c1ccccc1)c1ccccc1. The van der Waals surface area contributed by atoms with Crippen molar-refractivity contribution in [2.24, 2.45) is 5.92 Å². The van der Waals surface area contributed by atoms with Crippen molar-refractivity contribution in [3.63, 3.8) is 0 Å². The third-order valence-electron chi connectivity index (χ3n) is 4.60. The molecule has 0 aromatic heterocycles. The first kappa shape index (κ1) is 17.7. The summed E-state index contributed by atoms with van der Waals surface area (Å²) in [6.45, 7) is 4.44. The summed E-state index contributed by atoms with van der Waals surface area (Å²) >= 11 is 0. The van der Waals surface area contributed by atoms with E-state index in [-0.39, 0.29) is 18.0 Å². The molecular weight excluding hydrogens is 308 g/mol. The molecule has 1 aliphatic carbocycles. The van der Waals surface area contributed by atoms with Gasteiger partial charge in [0.05, 0.1) is 0 Å². The van der Waals surface area contributed by atoms with Crippen molar-refractivity contribution in [1.29, 1.82) is 0 Å². The molecule has 2 aromatic carbocycles. The Bertz CT molecular complexity index is 665. The van der Waals surface area contributed by atoms with Crippen LogP contribution >= 0.6 is 0 Å². The fraction of sp³-hybridized carbons (Fsp3) is 0.409. The molecule has 2 N–H and O–H groups in total. The number of rotatable bonds is 8. The molecule has 1 saturated carbocycles. The molecule has 3 rings (SSSR count). The second-order valence-electron chi connectivity index (χ2n) is 7.39. The van der Waals surface area contributed by atoms with Crippen molar-refractivity contribution >= 4 is 5.91 Å². The molecule has 132 valence electrons. The van der Waals surface area contributed by atoms with Gasteiger partial charge in [-0.15, -0.1) is 0 Å². The van der Waals surface area contributed by atoms with E-state index < -0.39 is 0 Å². The van der Waals surface area contributed by atoms with Crippen LogP contribution in [-0.2, 0) is 4.79 Å². The summed E-state index contributed by atoms with van der Waals surface area (Å²) in [6.07, 6.45) is 3.19. The van der Waals surface area contributed by atoms with Gasteiger partial charge in [-0.2, -0.15) is 0 Å². The van der Waals surface area contributed by atoms with Gasteiger partial charge in [0.2, 0.25) is 5.91 Å². The van der Waals surface area contributed by atoms with Gasteiger partial charge in [-0.3, -0.25) is 10.1 Å². The van der Waals surface area contributed by atoms with Crippen LogP contribution in [0.5, 0.6) is 0 Å². The van der Waals surface area contributed by atoms with Crippen molar-refractivity contribution in [2.45, 2.75) is 51.2 Å². The lowest BCUT2D eigenvalue weighted by atomic mass is 9.95. The Labute approximate surface area is 150 Å². The highest BCUT2D eigenvalue weighted by Crippen LogP contribution is 2.27. The van der Waals surface area contributed by atoms with E-state index in [2.05, 4.69) is 48.7 Å². The normalized spacial score (nSPS) is 16.4. The number of amides is 1. The van der Waals surface area contributed by atoms with Crippen LogP contribution in [0.2, 0.25) is 0 Å². The lowest BCUT2D eigenvalue weighted by molar-refractivity contribution is -0.123. The summed E-state index contributed by atoms with van der Waals surface area (Å²) in [4.78, 5) is 12.9. The average molecular weight is 336 g/mol. The van der Waals surface area contributed by atoms with Crippen LogP contribution in [0.15, 0.2) is 60.7 Å². The van der Waals surface area contributed by atoms with E-state index in [1.807, 2.05) is 36.4 Å². The maximum absolute atomic E-state index is 12.9. The van der Waals surface area contributed by atoms with Gasteiger partial charge in [0, 0.05) is 12.1 Å². The van der Waals surface area contributed by atoms with Gasteiger partial charge in [-0.25, -0.2) is 0 Å². The second kappa shape index (κ2) is 8.30. The molecule has 1 aliphatic rings. The van der Waals surface area contributed by atoms with Crippen LogP contribution in [0.1, 0.15) is 56.3 Å². The third kappa shape index (κ3) is 5.17. The van der Waals surface area contributed by atoms with E-state index in [1.165, 1.54) is 5.56 Å². The topological polar surface area (TPSA) is 41.1 Å². The zero-order chi connectivity index (χ0) is 17.6. The number of nitrogens with one attached hydrogen (secondary N) is 2. The van der Waals surface area contributed by atoms with Gasteiger partial charge in [0.15, 0.2) is 0 Å². The molecule has 0 radical (unpaired) electrons. The molecule has 2 aromatic rings. The molecule has 25 heavy (non-hydrogen) atoms. The van der Waals surface area contributed by atoms with Crippen molar-refractivity contribution in [1.82, 2.24) is 10.6 Å². The highest BCUT2D eigenvalue weighted by Gasteiger charge is 2.30. The van der Waals surface area contributed by atoms with Crippen LogP contribution in [0.25, 0.3) is 0 Å². The number of hydrogen-bond acceptors (Lipinski definition) is 2. The van der Waals surface area contributed by atoms with E-state index in [4.69, 9.17) is 0 Å². The summed E-state index contributed by atoms with van der Waals surface area (Å²) in [5.74, 6) is 0.624. The fourth-order valence-corrected chi connectivity index (χ4v) is 3.14. The van der Waals surface area contributed by atoms with Crippen molar-refractivity contribution in [2.75, 3.05) is 0 Å². The van der Waals surface area contributed by atoms with Gasteiger partial charge in [0.25, 0.3) is 0 Å². The minimum absolute atomic E-state index is 0.0818.